The molecule has 3 aromatic rings. The molecule has 0 aliphatic carbocycles. The predicted molar refractivity (Wildman–Crippen MR) is 137 cm³/mol. The Morgan fingerprint density at radius 3 is 2.69 bits per heavy atom. The summed E-state index contributed by atoms with van der Waals surface area (Å²) in [5.74, 6) is 1.45. The topological polar surface area (TPSA) is 64.8 Å². The molecule has 1 aliphatic heterocycles. The average Bonchev–Trinajstić information content (AvgIpc) is 3.37. The first-order chi connectivity index (χ1) is 17.5. The monoisotopic (exact) mass is 494 g/mol. The molecule has 0 bridgehead atoms. The smallest absolute Gasteiger partial charge is 0.161 e. The van der Waals surface area contributed by atoms with Crippen LogP contribution in [0.3, 0.4) is 0 Å². The molecule has 1 fully saturated rings. The van der Waals surface area contributed by atoms with Crippen LogP contribution in [0.4, 0.5) is 4.39 Å². The lowest BCUT2D eigenvalue weighted by atomic mass is 9.83. The summed E-state index contributed by atoms with van der Waals surface area (Å²) in [6.45, 7) is 7.16. The van der Waals surface area contributed by atoms with Gasteiger partial charge in [-0.25, -0.2) is 4.39 Å². The highest BCUT2D eigenvalue weighted by Gasteiger charge is 2.28. The Labute approximate surface area is 212 Å². The van der Waals surface area contributed by atoms with Gasteiger partial charge in [0, 0.05) is 29.5 Å². The van der Waals surface area contributed by atoms with E-state index in [1.165, 1.54) is 13.0 Å². The zero-order valence-corrected chi connectivity index (χ0v) is 21.3. The summed E-state index contributed by atoms with van der Waals surface area (Å²) >= 11 is 0. The van der Waals surface area contributed by atoms with E-state index in [2.05, 4.69) is 17.0 Å². The van der Waals surface area contributed by atoms with Gasteiger partial charge in [0.1, 0.15) is 12.1 Å². The highest BCUT2D eigenvalue weighted by molar-refractivity contribution is 5.94. The van der Waals surface area contributed by atoms with Crippen molar-refractivity contribution in [2.45, 2.75) is 51.4 Å². The van der Waals surface area contributed by atoms with Gasteiger partial charge in [-0.1, -0.05) is 24.2 Å². The summed E-state index contributed by atoms with van der Waals surface area (Å²) in [7, 11) is 1.58. The molecule has 0 radical (unpaired) electrons. The molecule has 7 heteroatoms. The number of carbonyl (C=O) groups excluding carboxylic acids is 1. The molecule has 0 amide bonds. The quantitative estimate of drug-likeness (QED) is 0.233. The number of carbonyl (C=O) groups is 1. The Morgan fingerprint density at radius 2 is 2.00 bits per heavy atom. The van der Waals surface area contributed by atoms with Crippen LogP contribution < -0.4 is 9.47 Å². The van der Waals surface area contributed by atoms with E-state index in [1.54, 1.807) is 43.7 Å². The summed E-state index contributed by atoms with van der Waals surface area (Å²) in [5.41, 5.74) is 3.68. The number of ether oxygens (including phenoxy) is 2. The number of benzene rings is 2. The van der Waals surface area contributed by atoms with Crippen molar-refractivity contribution >= 4 is 5.78 Å². The summed E-state index contributed by atoms with van der Waals surface area (Å²) in [6, 6.07) is 12.1. The van der Waals surface area contributed by atoms with Gasteiger partial charge in [0.25, 0.3) is 0 Å². The highest BCUT2D eigenvalue weighted by atomic mass is 19.1. The van der Waals surface area contributed by atoms with Gasteiger partial charge in [-0.05, 0) is 81.6 Å². The zero-order chi connectivity index (χ0) is 25.5. The second kappa shape index (κ2) is 12.2. The molecule has 192 valence electrons. The number of halogens is 1. The Hall–Kier alpha value is -3.19. The molecule has 2 heterocycles. The largest absolute Gasteiger partial charge is 0.493 e. The van der Waals surface area contributed by atoms with E-state index in [9.17, 15) is 9.18 Å². The van der Waals surface area contributed by atoms with Gasteiger partial charge in [0.05, 0.1) is 19.4 Å². The van der Waals surface area contributed by atoms with Crippen LogP contribution in [0.5, 0.6) is 11.5 Å². The van der Waals surface area contributed by atoms with Crippen LogP contribution in [0, 0.1) is 5.82 Å². The third kappa shape index (κ3) is 6.13. The Morgan fingerprint density at radius 1 is 1.19 bits per heavy atom. The van der Waals surface area contributed by atoms with Crippen LogP contribution in [0.2, 0.25) is 0 Å². The molecule has 0 spiro atoms. The van der Waals surface area contributed by atoms with Crippen molar-refractivity contribution in [1.29, 1.82) is 0 Å². The first-order valence-electron chi connectivity index (χ1n) is 12.7. The van der Waals surface area contributed by atoms with E-state index in [-0.39, 0.29) is 17.5 Å². The van der Waals surface area contributed by atoms with Crippen LogP contribution in [-0.4, -0.2) is 49.2 Å². The third-order valence-corrected chi connectivity index (χ3v) is 7.08. The predicted octanol–water partition coefficient (Wildman–Crippen LogP) is 6.22. The molecule has 0 N–H and O–H groups in total. The second-order valence-electron chi connectivity index (χ2n) is 9.41. The number of hydrogen-bond donors (Lipinski definition) is 0. The first kappa shape index (κ1) is 25.9. The fourth-order valence-corrected chi connectivity index (χ4v) is 5.09. The number of Topliss-reactive ketones (excluding diaryl/α,β-unsaturated/α-hetero) is 1. The molecule has 1 saturated heterocycles. The fraction of sp³-hybridized carbons (Fsp3) is 0.448. The number of rotatable bonds is 11. The van der Waals surface area contributed by atoms with Crippen molar-refractivity contribution in [3.8, 4) is 11.5 Å². The standard InChI is InChI=1S/C29H35FN2O4/c1-4-25(23-7-5-8-24(30)17-23)26-19-36-31-29(26)21-11-14-32(15-12-21)13-6-16-35-27-10-9-22(20(2)33)18-28(27)34-3/h5,7-10,17-19,21,25H,4,6,11-16H2,1-3H3. The van der Waals surface area contributed by atoms with Gasteiger partial charge < -0.3 is 18.9 Å². The zero-order valence-electron chi connectivity index (χ0n) is 21.3. The van der Waals surface area contributed by atoms with Crippen LogP contribution in [-0.2, 0) is 0 Å². The number of ketones is 1. The average molecular weight is 495 g/mol. The molecular weight excluding hydrogens is 459 g/mol. The van der Waals surface area contributed by atoms with Crippen molar-refractivity contribution in [2.75, 3.05) is 33.4 Å². The van der Waals surface area contributed by atoms with E-state index in [0.29, 0.717) is 29.6 Å². The molecule has 0 saturated carbocycles. The lowest BCUT2D eigenvalue weighted by molar-refractivity contribution is 0.101. The van der Waals surface area contributed by atoms with E-state index in [4.69, 9.17) is 14.0 Å². The second-order valence-corrected chi connectivity index (χ2v) is 9.41. The van der Waals surface area contributed by atoms with Gasteiger partial charge in [0.15, 0.2) is 17.3 Å². The maximum atomic E-state index is 13.8. The van der Waals surface area contributed by atoms with Crippen molar-refractivity contribution in [1.82, 2.24) is 10.1 Å². The van der Waals surface area contributed by atoms with Gasteiger partial charge in [-0.2, -0.15) is 0 Å². The number of methoxy groups -OCH3 is 1. The number of aromatic nitrogens is 1. The molecule has 1 aliphatic rings. The van der Waals surface area contributed by atoms with Gasteiger partial charge >= 0.3 is 0 Å². The van der Waals surface area contributed by atoms with Gasteiger partial charge in [-0.15, -0.1) is 0 Å². The van der Waals surface area contributed by atoms with Crippen LogP contribution in [0.1, 0.15) is 78.5 Å². The fourth-order valence-electron chi connectivity index (χ4n) is 5.09. The SMILES string of the molecule is CCC(c1cccc(F)c1)c1conc1C1CCN(CCCOc2ccc(C(C)=O)cc2OC)CC1. The third-order valence-electron chi connectivity index (χ3n) is 7.08. The normalized spacial score (nSPS) is 15.6. The summed E-state index contributed by atoms with van der Waals surface area (Å²) < 4.78 is 30.6. The molecule has 36 heavy (non-hydrogen) atoms. The van der Waals surface area contributed by atoms with E-state index in [1.807, 2.05) is 6.07 Å². The molecule has 1 aromatic heterocycles. The van der Waals surface area contributed by atoms with Crippen molar-refractivity contribution < 1.29 is 23.2 Å². The van der Waals surface area contributed by atoms with E-state index >= 15 is 0 Å². The molecule has 2 aromatic carbocycles. The summed E-state index contributed by atoms with van der Waals surface area (Å²) in [6.07, 6.45) is 5.53. The number of likely N-dealkylation sites (tertiary alicyclic amines) is 1. The Balaban J connectivity index is 1.27. The van der Waals surface area contributed by atoms with Crippen molar-refractivity contribution in [2.24, 2.45) is 0 Å². The first-order valence-corrected chi connectivity index (χ1v) is 12.7. The number of hydrogen-bond acceptors (Lipinski definition) is 6. The van der Waals surface area contributed by atoms with E-state index < -0.39 is 0 Å². The number of nitrogens with zero attached hydrogens (tertiary/aromatic N) is 2. The lowest BCUT2D eigenvalue weighted by Gasteiger charge is -2.31. The van der Waals surface area contributed by atoms with Crippen molar-refractivity contribution in [3.05, 3.63) is 76.9 Å². The molecule has 4 rings (SSSR count). The van der Waals surface area contributed by atoms with Crippen LogP contribution in [0.25, 0.3) is 0 Å². The van der Waals surface area contributed by atoms with E-state index in [0.717, 1.165) is 62.1 Å². The van der Waals surface area contributed by atoms with Gasteiger partial charge in [0.2, 0.25) is 0 Å². The summed E-state index contributed by atoms with van der Waals surface area (Å²) in [4.78, 5) is 14.0. The minimum Gasteiger partial charge on any atom is -0.493 e. The minimum absolute atomic E-state index is 0.000159. The van der Waals surface area contributed by atoms with Crippen LogP contribution in [0.15, 0.2) is 53.3 Å². The summed E-state index contributed by atoms with van der Waals surface area (Å²) in [5, 5.41) is 4.38. The Bertz CT molecular complexity index is 1150. The molecule has 6 nitrogen and oxygen atoms in total. The highest BCUT2D eigenvalue weighted by Crippen LogP contribution is 2.37. The molecular formula is C29H35FN2O4. The Kier molecular flexibility index (Phi) is 8.75. The maximum absolute atomic E-state index is 13.8. The molecule has 1 atom stereocenters. The number of piperidine rings is 1. The minimum atomic E-state index is -0.215. The van der Waals surface area contributed by atoms with Gasteiger partial charge in [-0.3, -0.25) is 4.79 Å². The van der Waals surface area contributed by atoms with Crippen molar-refractivity contribution in [3.63, 3.8) is 0 Å². The lowest BCUT2D eigenvalue weighted by Crippen LogP contribution is -2.34. The maximum Gasteiger partial charge on any atom is 0.161 e. The molecule has 1 unspecified atom stereocenters. The van der Waals surface area contributed by atoms with Crippen LogP contribution >= 0.6 is 0 Å².